The first kappa shape index (κ1) is 35.2. The number of nitrogens with one attached hydrogen (secondary N) is 2. The van der Waals surface area contributed by atoms with Crippen LogP contribution in [0.2, 0.25) is 5.02 Å². The van der Waals surface area contributed by atoms with Crippen LogP contribution in [-0.2, 0) is 6.54 Å². The van der Waals surface area contributed by atoms with Crippen LogP contribution >= 0.6 is 11.6 Å². The van der Waals surface area contributed by atoms with E-state index >= 15 is 0 Å². The van der Waals surface area contributed by atoms with Crippen LogP contribution in [-0.4, -0.2) is 59.3 Å². The van der Waals surface area contributed by atoms with Gasteiger partial charge in [-0.2, -0.15) is 5.53 Å². The van der Waals surface area contributed by atoms with Crippen molar-refractivity contribution < 1.29 is 4.74 Å². The molecule has 0 bridgehead atoms. The minimum atomic E-state index is 0.471. The normalized spacial score (nSPS) is 16.2. The van der Waals surface area contributed by atoms with E-state index in [2.05, 4.69) is 127 Å². The quantitative estimate of drug-likeness (QED) is 0.0543. The zero-order chi connectivity index (χ0) is 35.5. The van der Waals surface area contributed by atoms with Gasteiger partial charge >= 0.3 is 0 Å². The maximum Gasteiger partial charge on any atom is 0.227 e. The highest BCUT2D eigenvalue weighted by atomic mass is 35.5. The fourth-order valence-corrected chi connectivity index (χ4v) is 5.96. The van der Waals surface area contributed by atoms with Crippen molar-refractivity contribution >= 4 is 45.5 Å². The van der Waals surface area contributed by atoms with E-state index < -0.39 is 0 Å². The zero-order valence-corrected chi connectivity index (χ0v) is 28.2. The molecule has 2 aliphatic heterocycles. The van der Waals surface area contributed by atoms with E-state index in [-0.39, 0.29) is 0 Å². The van der Waals surface area contributed by atoms with E-state index in [4.69, 9.17) is 32.6 Å². The number of aryl methyl sites for hydroxylation is 1. The van der Waals surface area contributed by atoms with Gasteiger partial charge in [0.2, 0.25) is 5.95 Å². The second kappa shape index (κ2) is 16.8. The maximum atomic E-state index is 6.61. The number of rotatable bonds is 11. The minimum absolute atomic E-state index is 0.471. The highest BCUT2D eigenvalue weighted by Gasteiger charge is 2.24. The third-order valence-electron chi connectivity index (χ3n) is 8.05. The molecular formula is C28H35ClN20O. The second-order valence-electron chi connectivity index (χ2n) is 11.2. The summed E-state index contributed by atoms with van der Waals surface area (Å²) in [6.45, 7) is 5.62. The van der Waals surface area contributed by atoms with Crippen LogP contribution in [0.4, 0.5) is 23.0 Å². The second-order valence-corrected chi connectivity index (χ2v) is 11.6. The Morgan fingerprint density at radius 2 is 1.82 bits per heavy atom. The number of para-hydroxylation sites is 1. The van der Waals surface area contributed by atoms with Gasteiger partial charge in [0, 0.05) is 42.5 Å². The van der Waals surface area contributed by atoms with Gasteiger partial charge < -0.3 is 36.0 Å². The molecule has 6 rings (SSSR count). The van der Waals surface area contributed by atoms with E-state index in [0.717, 1.165) is 64.5 Å². The van der Waals surface area contributed by atoms with Crippen molar-refractivity contribution in [3.05, 3.63) is 53.3 Å². The summed E-state index contributed by atoms with van der Waals surface area (Å²) >= 11 is 6.61. The predicted octanol–water partition coefficient (Wildman–Crippen LogP) is 7.04. The number of anilines is 4. The molecule has 4 aromatic rings. The molecule has 2 aromatic heterocycles. The van der Waals surface area contributed by atoms with Crippen molar-refractivity contribution in [2.75, 3.05) is 49.7 Å². The van der Waals surface area contributed by atoms with E-state index in [0.29, 0.717) is 29.3 Å². The highest BCUT2D eigenvalue weighted by molar-refractivity contribution is 6.33. The zero-order valence-electron chi connectivity index (χ0n) is 27.5. The summed E-state index contributed by atoms with van der Waals surface area (Å²) in [6.07, 6.45) is 6.23. The number of likely N-dealkylation sites (N-methyl/N-ethyl adjacent to an activating group) is 2. The molecule has 0 amide bonds. The summed E-state index contributed by atoms with van der Waals surface area (Å²) < 4.78 is 8.06. The Morgan fingerprint density at radius 3 is 2.52 bits per heavy atom. The Morgan fingerprint density at radius 1 is 1.08 bits per heavy atom. The van der Waals surface area contributed by atoms with Crippen molar-refractivity contribution in [3.8, 4) is 17.0 Å². The first-order chi connectivity index (χ1) is 24.3. The fourth-order valence-electron chi connectivity index (χ4n) is 5.77. The Labute approximate surface area is 290 Å². The molecule has 0 radical (unpaired) electrons. The lowest BCUT2D eigenvalue weighted by molar-refractivity contribution is 0.287. The molecule has 0 spiro atoms. The van der Waals surface area contributed by atoms with Gasteiger partial charge in [-0.25, -0.2) is 9.97 Å². The smallest absolute Gasteiger partial charge is 0.227 e. The standard InChI is InChI=1S/C28H32ClN7O.H3N13/c1-17-12-24(35(3)15-18-6-5-9-34(18)2)22(30)13-23(17)32-28-31-14-21(29)26(33-28)20-16-36-10-11-37-25-8-4-7-19(20)27(25)36;1-3-5-7-9-11-13-12-10-8-6-4-2/h4,7-8,12-14,16,18H,5-6,9-11,15,30H2,1-3H3,(H,31,32,33);(H3,1,2,5,6,9,10,13). The number of likely N-dealkylation sites (tertiary alicyclic amines) is 1. The third kappa shape index (κ3) is 8.49. The SMILES string of the molecule is Cc1cc(N(C)CC2CCCN2C)c(N)cc1Nc1ncc(Cl)c(-c2cn3c4c(cccc24)OCC3)n1.N=N/N=N/N=N/N=N/N=N/N=N/N. The number of halogens is 1. The molecule has 6 N–H and O–H groups in total. The van der Waals surface area contributed by atoms with Gasteiger partial charge in [0.25, 0.3) is 0 Å². The summed E-state index contributed by atoms with van der Waals surface area (Å²) in [5.74, 6) is 5.91. The summed E-state index contributed by atoms with van der Waals surface area (Å²) in [5.41, 5.74) is 19.1. The maximum absolute atomic E-state index is 6.61. The molecule has 1 saturated heterocycles. The largest absolute Gasteiger partial charge is 0.490 e. The van der Waals surface area contributed by atoms with Crippen LogP contribution in [0.5, 0.6) is 5.75 Å². The van der Waals surface area contributed by atoms with E-state index in [1.807, 2.05) is 18.2 Å². The Kier molecular flexibility index (Phi) is 11.9. The molecule has 4 heterocycles. The summed E-state index contributed by atoms with van der Waals surface area (Å²) in [7, 11) is 4.31. The number of ether oxygens (including phenoxy) is 1. The Bertz CT molecular complexity index is 1960. The number of hydrogen-bond acceptors (Lipinski definition) is 9. The van der Waals surface area contributed by atoms with Gasteiger partial charge in [-0.05, 0) is 109 Å². The monoisotopic (exact) mass is 702 g/mol. The average molecular weight is 703 g/mol. The summed E-state index contributed by atoms with van der Waals surface area (Å²) in [5, 5.41) is 36.2. The molecular weight excluding hydrogens is 668 g/mol. The minimum Gasteiger partial charge on any atom is -0.490 e. The van der Waals surface area contributed by atoms with Crippen LogP contribution < -0.4 is 26.5 Å². The predicted molar refractivity (Wildman–Crippen MR) is 185 cm³/mol. The van der Waals surface area contributed by atoms with Gasteiger partial charge in [0.1, 0.15) is 12.4 Å². The van der Waals surface area contributed by atoms with Crippen LogP contribution in [0.15, 0.2) is 100 Å². The first-order valence-electron chi connectivity index (χ1n) is 15.2. The molecule has 1 fully saturated rings. The van der Waals surface area contributed by atoms with Crippen LogP contribution in [0.1, 0.15) is 18.4 Å². The molecule has 2 aliphatic rings. The highest BCUT2D eigenvalue weighted by Crippen LogP contribution is 2.39. The Balaban J connectivity index is 0.000000320. The lowest BCUT2D eigenvalue weighted by Gasteiger charge is -2.29. The number of nitrogen functional groups attached to an aromatic ring is 1. The molecule has 2 aromatic carbocycles. The van der Waals surface area contributed by atoms with Gasteiger partial charge in [-0.3, -0.25) is 0 Å². The fraction of sp³-hybridized carbons (Fsp3) is 0.357. The summed E-state index contributed by atoms with van der Waals surface area (Å²) in [6, 6.07) is 10.7. The molecule has 260 valence electrons. The van der Waals surface area contributed by atoms with E-state index in [9.17, 15) is 0 Å². The topological polar surface area (TPSA) is 270 Å². The van der Waals surface area contributed by atoms with Crippen molar-refractivity contribution in [3.63, 3.8) is 0 Å². The third-order valence-corrected chi connectivity index (χ3v) is 8.33. The molecule has 22 heteroatoms. The van der Waals surface area contributed by atoms with E-state index in [1.54, 1.807) is 6.20 Å². The van der Waals surface area contributed by atoms with Gasteiger partial charge in [0.15, 0.2) is 0 Å². The average Bonchev–Trinajstić information content (AvgIpc) is 3.70. The molecule has 50 heavy (non-hydrogen) atoms. The molecule has 0 aliphatic carbocycles. The van der Waals surface area contributed by atoms with E-state index in [1.165, 1.54) is 12.8 Å². The van der Waals surface area contributed by atoms with Crippen molar-refractivity contribution in [2.24, 2.45) is 63.3 Å². The number of hydrogen-bond donors (Lipinski definition) is 4. The van der Waals surface area contributed by atoms with Crippen molar-refractivity contribution in [2.45, 2.75) is 32.4 Å². The molecule has 1 unspecified atom stereocenters. The number of aromatic nitrogens is 3. The van der Waals surface area contributed by atoms with Crippen LogP contribution in [0, 0.1) is 12.5 Å². The van der Waals surface area contributed by atoms with Crippen molar-refractivity contribution in [1.82, 2.24) is 19.4 Å². The van der Waals surface area contributed by atoms with Gasteiger partial charge in [-0.1, -0.05) is 29.0 Å². The first-order valence-corrected chi connectivity index (χ1v) is 15.6. The molecule has 21 nitrogen and oxygen atoms in total. The van der Waals surface area contributed by atoms with Gasteiger partial charge in [-0.15, -0.1) is 0 Å². The number of benzene rings is 2. The molecule has 0 saturated carbocycles. The number of nitrogens with two attached hydrogens (primary N) is 2. The summed E-state index contributed by atoms with van der Waals surface area (Å²) in [4.78, 5) is 14.0. The van der Waals surface area contributed by atoms with Crippen molar-refractivity contribution in [1.29, 1.82) is 5.53 Å². The lowest BCUT2D eigenvalue weighted by atomic mass is 10.1. The molecule has 1 atom stereocenters. The number of nitrogens with zero attached hydrogens (tertiary/aromatic N) is 16. The Hall–Kier alpha value is -6.09. The van der Waals surface area contributed by atoms with Crippen LogP contribution in [0.25, 0.3) is 22.2 Å². The van der Waals surface area contributed by atoms with Gasteiger partial charge in [0.05, 0.1) is 40.3 Å². The van der Waals surface area contributed by atoms with Crippen LogP contribution in [0.3, 0.4) is 0 Å². The lowest BCUT2D eigenvalue weighted by Crippen LogP contribution is -2.36.